The van der Waals surface area contributed by atoms with Crippen LogP contribution in [-0.2, 0) is 0 Å². The third-order valence-corrected chi connectivity index (χ3v) is 6.37. The van der Waals surface area contributed by atoms with Crippen LogP contribution in [0.5, 0.6) is 5.75 Å². The Morgan fingerprint density at radius 3 is 2.46 bits per heavy atom. The molecule has 8 heteroatoms. The smallest absolute Gasteiger partial charge is 0.326 e. The van der Waals surface area contributed by atoms with Crippen LogP contribution >= 0.6 is 34.8 Å². The third kappa shape index (κ3) is 4.54. The molecule has 3 amide bonds. The maximum Gasteiger partial charge on any atom is 0.326 e. The van der Waals surface area contributed by atoms with Crippen molar-refractivity contribution in [2.24, 2.45) is 11.8 Å². The SMILES string of the molecule is Cc1cc(NC(=O)NC(=O)c2ccccc2Cl)ccc1OCC1C(C)C1(Cl)Cl. The molecule has 2 atom stereocenters. The van der Waals surface area contributed by atoms with Crippen LogP contribution in [0, 0.1) is 18.8 Å². The summed E-state index contributed by atoms with van der Waals surface area (Å²) in [6, 6.07) is 11.0. The van der Waals surface area contributed by atoms with E-state index >= 15 is 0 Å². The van der Waals surface area contributed by atoms with Gasteiger partial charge in [-0.3, -0.25) is 10.1 Å². The molecular weight excluding hydrogens is 423 g/mol. The number of benzene rings is 2. The second-order valence-corrected chi connectivity index (χ2v) is 8.60. The first-order valence-corrected chi connectivity index (χ1v) is 9.81. The van der Waals surface area contributed by atoms with Crippen molar-refractivity contribution >= 4 is 52.4 Å². The number of halogens is 3. The number of ether oxygens (including phenoxy) is 1. The number of hydrogen-bond donors (Lipinski definition) is 2. The lowest BCUT2D eigenvalue weighted by molar-refractivity contribution is 0.0967. The Bertz CT molecular complexity index is 917. The van der Waals surface area contributed by atoms with Gasteiger partial charge in [-0.2, -0.15) is 0 Å². The normalized spacial score (nSPS) is 19.6. The van der Waals surface area contributed by atoms with Gasteiger partial charge < -0.3 is 10.1 Å². The molecule has 0 aromatic heterocycles. The van der Waals surface area contributed by atoms with Crippen LogP contribution in [0.2, 0.25) is 5.02 Å². The molecule has 2 unspecified atom stereocenters. The highest BCUT2D eigenvalue weighted by Crippen LogP contribution is 2.58. The van der Waals surface area contributed by atoms with Crippen molar-refractivity contribution in [2.75, 3.05) is 11.9 Å². The van der Waals surface area contributed by atoms with E-state index in [0.29, 0.717) is 18.0 Å². The molecule has 5 nitrogen and oxygen atoms in total. The van der Waals surface area contributed by atoms with E-state index in [1.54, 1.807) is 42.5 Å². The molecule has 0 heterocycles. The summed E-state index contributed by atoms with van der Waals surface area (Å²) in [6.07, 6.45) is 0. The Kier molecular flexibility index (Phi) is 6.08. The highest BCUT2D eigenvalue weighted by atomic mass is 35.5. The molecular formula is C20H19Cl3N2O3. The van der Waals surface area contributed by atoms with Gasteiger partial charge >= 0.3 is 6.03 Å². The molecule has 1 aliphatic carbocycles. The molecule has 28 heavy (non-hydrogen) atoms. The number of aryl methyl sites for hydroxylation is 1. The standard InChI is InChI=1S/C20H19Cl3N2O3/c1-11-9-13(7-8-17(11)28-10-15-12(2)20(15,22)23)24-19(27)25-18(26)14-5-3-4-6-16(14)21/h3-9,12,15H,10H2,1-2H3,(H2,24,25,26,27). The number of carbonyl (C=O) groups excluding carboxylic acids is 2. The number of anilines is 1. The zero-order valence-electron chi connectivity index (χ0n) is 15.3. The lowest BCUT2D eigenvalue weighted by atomic mass is 10.2. The third-order valence-electron chi connectivity index (χ3n) is 4.79. The minimum Gasteiger partial charge on any atom is -0.493 e. The largest absolute Gasteiger partial charge is 0.493 e. The lowest BCUT2D eigenvalue weighted by Gasteiger charge is -2.12. The van der Waals surface area contributed by atoms with Crippen molar-refractivity contribution in [3.05, 3.63) is 58.6 Å². The maximum atomic E-state index is 12.1. The Labute approximate surface area is 178 Å². The highest BCUT2D eigenvalue weighted by Gasteiger charge is 2.60. The summed E-state index contributed by atoms with van der Waals surface area (Å²) in [6.45, 7) is 4.27. The van der Waals surface area contributed by atoms with Crippen LogP contribution in [0.3, 0.4) is 0 Å². The van der Waals surface area contributed by atoms with E-state index in [1.165, 1.54) is 0 Å². The fourth-order valence-electron chi connectivity index (χ4n) is 2.86. The number of urea groups is 1. The Morgan fingerprint density at radius 1 is 1.18 bits per heavy atom. The number of alkyl halides is 2. The summed E-state index contributed by atoms with van der Waals surface area (Å²) in [5, 5.41) is 5.13. The number of carbonyl (C=O) groups is 2. The van der Waals surface area contributed by atoms with E-state index < -0.39 is 16.3 Å². The van der Waals surface area contributed by atoms with Crippen molar-refractivity contribution in [3.63, 3.8) is 0 Å². The number of hydrogen-bond acceptors (Lipinski definition) is 3. The Balaban J connectivity index is 1.56. The van der Waals surface area contributed by atoms with Crippen molar-refractivity contribution in [3.8, 4) is 5.75 Å². The maximum absolute atomic E-state index is 12.1. The topological polar surface area (TPSA) is 67.4 Å². The van der Waals surface area contributed by atoms with Gasteiger partial charge in [0, 0.05) is 11.6 Å². The molecule has 0 aliphatic heterocycles. The van der Waals surface area contributed by atoms with Gasteiger partial charge in [0.15, 0.2) is 0 Å². The first-order chi connectivity index (χ1) is 13.2. The Morgan fingerprint density at radius 2 is 1.86 bits per heavy atom. The molecule has 0 spiro atoms. The summed E-state index contributed by atoms with van der Waals surface area (Å²) in [5.74, 6) is 0.386. The molecule has 2 aromatic carbocycles. The zero-order chi connectivity index (χ0) is 20.5. The molecule has 3 rings (SSSR count). The minimum absolute atomic E-state index is 0.0923. The van der Waals surface area contributed by atoms with Gasteiger partial charge in [-0.05, 0) is 48.7 Å². The van der Waals surface area contributed by atoms with E-state index in [2.05, 4.69) is 10.6 Å². The predicted molar refractivity (Wildman–Crippen MR) is 112 cm³/mol. The molecule has 0 bridgehead atoms. The van der Waals surface area contributed by atoms with Crippen molar-refractivity contribution in [2.45, 2.75) is 18.2 Å². The molecule has 0 radical (unpaired) electrons. The van der Waals surface area contributed by atoms with Crippen molar-refractivity contribution in [1.29, 1.82) is 0 Å². The molecule has 2 aromatic rings. The van der Waals surface area contributed by atoms with Gasteiger partial charge in [0.2, 0.25) is 0 Å². The second-order valence-electron chi connectivity index (χ2n) is 6.75. The van der Waals surface area contributed by atoms with Crippen LogP contribution in [0.25, 0.3) is 0 Å². The number of imide groups is 1. The zero-order valence-corrected chi connectivity index (χ0v) is 17.5. The number of nitrogens with one attached hydrogen (secondary N) is 2. The van der Waals surface area contributed by atoms with Gasteiger partial charge in [0.05, 0.1) is 17.2 Å². The van der Waals surface area contributed by atoms with Gasteiger partial charge in [0.25, 0.3) is 5.91 Å². The first-order valence-electron chi connectivity index (χ1n) is 8.68. The average Bonchev–Trinajstić information content (AvgIpc) is 3.11. The predicted octanol–water partition coefficient (Wildman–Crippen LogP) is 5.43. The summed E-state index contributed by atoms with van der Waals surface area (Å²) in [7, 11) is 0. The van der Waals surface area contributed by atoms with E-state index in [4.69, 9.17) is 39.5 Å². The van der Waals surface area contributed by atoms with E-state index in [0.717, 1.165) is 5.56 Å². The second kappa shape index (κ2) is 8.19. The Hall–Kier alpha value is -1.95. The first kappa shape index (κ1) is 20.8. The molecule has 1 aliphatic rings. The van der Waals surface area contributed by atoms with E-state index in [-0.39, 0.29) is 22.4 Å². The number of rotatable bonds is 5. The average molecular weight is 442 g/mol. The van der Waals surface area contributed by atoms with Crippen LogP contribution in [0.1, 0.15) is 22.8 Å². The molecule has 148 valence electrons. The molecule has 0 saturated heterocycles. The van der Waals surface area contributed by atoms with Crippen LogP contribution in [-0.4, -0.2) is 22.9 Å². The van der Waals surface area contributed by atoms with Crippen LogP contribution < -0.4 is 15.4 Å². The summed E-state index contributed by atoms with van der Waals surface area (Å²) < 4.78 is 5.08. The monoisotopic (exact) mass is 440 g/mol. The molecule has 2 N–H and O–H groups in total. The highest BCUT2D eigenvalue weighted by molar-refractivity contribution is 6.51. The summed E-state index contributed by atoms with van der Waals surface area (Å²) in [5.41, 5.74) is 1.58. The summed E-state index contributed by atoms with van der Waals surface area (Å²) in [4.78, 5) is 24.2. The van der Waals surface area contributed by atoms with E-state index in [9.17, 15) is 9.59 Å². The quantitative estimate of drug-likeness (QED) is 0.608. The minimum atomic E-state index is -0.721. The van der Waals surface area contributed by atoms with Gasteiger partial charge in [-0.1, -0.05) is 30.7 Å². The lowest BCUT2D eigenvalue weighted by Crippen LogP contribution is -2.34. The van der Waals surface area contributed by atoms with Crippen LogP contribution in [0.15, 0.2) is 42.5 Å². The number of amides is 3. The van der Waals surface area contributed by atoms with Crippen molar-refractivity contribution in [1.82, 2.24) is 5.32 Å². The van der Waals surface area contributed by atoms with E-state index in [1.807, 2.05) is 13.8 Å². The van der Waals surface area contributed by atoms with Crippen molar-refractivity contribution < 1.29 is 14.3 Å². The van der Waals surface area contributed by atoms with Gasteiger partial charge in [-0.25, -0.2) is 4.79 Å². The van der Waals surface area contributed by atoms with Gasteiger partial charge in [0.1, 0.15) is 10.1 Å². The summed E-state index contributed by atoms with van der Waals surface area (Å²) >= 11 is 18.2. The van der Waals surface area contributed by atoms with Crippen LogP contribution in [0.4, 0.5) is 10.5 Å². The fraction of sp³-hybridized carbons (Fsp3) is 0.300. The van der Waals surface area contributed by atoms with Gasteiger partial charge in [-0.15, -0.1) is 23.2 Å². The molecule has 1 saturated carbocycles. The fourth-order valence-corrected chi connectivity index (χ4v) is 3.77. The molecule has 1 fully saturated rings.